The van der Waals surface area contributed by atoms with Crippen LogP contribution in [0.3, 0.4) is 0 Å². The molecule has 1 saturated heterocycles. The smallest absolute Gasteiger partial charge is 0.238 e. The summed E-state index contributed by atoms with van der Waals surface area (Å²) in [5.41, 5.74) is 1.11. The van der Waals surface area contributed by atoms with E-state index in [4.69, 9.17) is 4.74 Å². The Morgan fingerprint density at radius 1 is 1.45 bits per heavy atom. The Morgan fingerprint density at radius 2 is 2.15 bits per heavy atom. The number of rotatable bonds is 5. The summed E-state index contributed by atoms with van der Waals surface area (Å²) < 4.78 is 5.48. The van der Waals surface area contributed by atoms with Gasteiger partial charge in [0.05, 0.1) is 6.54 Å². The molecule has 1 aliphatic carbocycles. The van der Waals surface area contributed by atoms with E-state index in [1.165, 1.54) is 0 Å². The van der Waals surface area contributed by atoms with Crippen LogP contribution >= 0.6 is 0 Å². The summed E-state index contributed by atoms with van der Waals surface area (Å²) in [4.78, 5) is 14.0. The topological polar surface area (TPSA) is 41.6 Å². The van der Waals surface area contributed by atoms with Crippen LogP contribution in [0.15, 0.2) is 36.9 Å². The van der Waals surface area contributed by atoms with E-state index in [1.54, 1.807) is 6.08 Å². The minimum atomic E-state index is 0.00547. The number of hydrogen-bond acceptors (Lipinski definition) is 3. The van der Waals surface area contributed by atoms with Gasteiger partial charge in [0.15, 0.2) is 0 Å². The fourth-order valence-corrected chi connectivity index (χ4v) is 2.76. The second-order valence-electron chi connectivity index (χ2n) is 5.53. The highest BCUT2D eigenvalue weighted by Crippen LogP contribution is 2.40. The van der Waals surface area contributed by atoms with Crippen LogP contribution in [0.25, 0.3) is 0 Å². The Kier molecular flexibility index (Phi) is 3.49. The number of nitrogens with zero attached hydrogens (tertiary/aromatic N) is 1. The zero-order valence-electron chi connectivity index (χ0n) is 11.7. The van der Waals surface area contributed by atoms with E-state index in [0.29, 0.717) is 25.1 Å². The second kappa shape index (κ2) is 5.29. The maximum absolute atomic E-state index is 12.0. The SMILES string of the molecule is C=CCOc1ccc(C2NCC(=O)N2C2CC2C)cc1. The molecule has 2 fully saturated rings. The molecule has 20 heavy (non-hydrogen) atoms. The van der Waals surface area contributed by atoms with Gasteiger partial charge in [0.25, 0.3) is 0 Å². The quantitative estimate of drug-likeness (QED) is 0.835. The van der Waals surface area contributed by atoms with E-state index in [0.717, 1.165) is 17.7 Å². The predicted molar refractivity (Wildman–Crippen MR) is 77.3 cm³/mol. The molecule has 1 N–H and O–H groups in total. The van der Waals surface area contributed by atoms with E-state index >= 15 is 0 Å². The highest BCUT2D eigenvalue weighted by Gasteiger charge is 2.46. The molecule has 1 amide bonds. The molecule has 0 aromatic heterocycles. The first kappa shape index (κ1) is 13.2. The van der Waals surface area contributed by atoms with Gasteiger partial charge in [0.1, 0.15) is 18.5 Å². The average molecular weight is 272 g/mol. The first-order chi connectivity index (χ1) is 9.70. The summed E-state index contributed by atoms with van der Waals surface area (Å²) in [6, 6.07) is 8.33. The highest BCUT2D eigenvalue weighted by atomic mass is 16.5. The molecule has 1 aromatic carbocycles. The third kappa shape index (κ3) is 2.43. The lowest BCUT2D eigenvalue weighted by molar-refractivity contribution is -0.128. The molecular formula is C16H20N2O2. The summed E-state index contributed by atoms with van der Waals surface area (Å²) >= 11 is 0. The normalized spacial score (nSPS) is 28.6. The molecule has 1 aliphatic heterocycles. The van der Waals surface area contributed by atoms with Crippen LogP contribution in [0.5, 0.6) is 5.75 Å². The number of carbonyl (C=O) groups is 1. The fraction of sp³-hybridized carbons (Fsp3) is 0.438. The van der Waals surface area contributed by atoms with E-state index < -0.39 is 0 Å². The summed E-state index contributed by atoms with van der Waals surface area (Å²) in [6.45, 7) is 6.76. The van der Waals surface area contributed by atoms with Crippen LogP contribution in [0.4, 0.5) is 0 Å². The van der Waals surface area contributed by atoms with Crippen molar-refractivity contribution in [2.75, 3.05) is 13.2 Å². The summed E-state index contributed by atoms with van der Waals surface area (Å²) in [7, 11) is 0. The molecule has 1 saturated carbocycles. The maximum Gasteiger partial charge on any atom is 0.238 e. The Labute approximate surface area is 119 Å². The van der Waals surface area contributed by atoms with Crippen molar-refractivity contribution in [3.63, 3.8) is 0 Å². The van der Waals surface area contributed by atoms with Crippen molar-refractivity contribution in [3.8, 4) is 5.75 Å². The Balaban J connectivity index is 1.74. The van der Waals surface area contributed by atoms with E-state index in [2.05, 4.69) is 18.8 Å². The van der Waals surface area contributed by atoms with Crippen LogP contribution in [0, 0.1) is 5.92 Å². The first-order valence-electron chi connectivity index (χ1n) is 7.09. The van der Waals surface area contributed by atoms with Crippen LogP contribution < -0.4 is 10.1 Å². The summed E-state index contributed by atoms with van der Waals surface area (Å²) in [5, 5.41) is 3.30. The zero-order chi connectivity index (χ0) is 14.1. The van der Waals surface area contributed by atoms with Gasteiger partial charge in [-0.15, -0.1) is 0 Å². The number of nitrogens with one attached hydrogen (secondary N) is 1. The van der Waals surface area contributed by atoms with Crippen LogP contribution in [-0.2, 0) is 4.79 Å². The van der Waals surface area contributed by atoms with Gasteiger partial charge in [0.2, 0.25) is 5.91 Å². The molecule has 4 nitrogen and oxygen atoms in total. The van der Waals surface area contributed by atoms with E-state index in [1.807, 2.05) is 29.2 Å². The van der Waals surface area contributed by atoms with Crippen molar-refractivity contribution < 1.29 is 9.53 Å². The lowest BCUT2D eigenvalue weighted by atomic mass is 10.1. The van der Waals surface area contributed by atoms with Crippen LogP contribution in [-0.4, -0.2) is 30.0 Å². The van der Waals surface area contributed by atoms with E-state index in [9.17, 15) is 4.79 Å². The molecule has 3 atom stereocenters. The highest BCUT2D eigenvalue weighted by molar-refractivity contribution is 5.81. The second-order valence-corrected chi connectivity index (χ2v) is 5.53. The third-order valence-corrected chi connectivity index (χ3v) is 4.00. The summed E-state index contributed by atoms with van der Waals surface area (Å²) in [5.74, 6) is 1.65. The van der Waals surface area contributed by atoms with Gasteiger partial charge in [-0.3, -0.25) is 10.1 Å². The molecule has 0 spiro atoms. The third-order valence-electron chi connectivity index (χ3n) is 4.00. The fourth-order valence-electron chi connectivity index (χ4n) is 2.76. The monoisotopic (exact) mass is 272 g/mol. The van der Waals surface area contributed by atoms with Crippen molar-refractivity contribution in [1.29, 1.82) is 0 Å². The number of carbonyl (C=O) groups excluding carboxylic acids is 1. The molecule has 3 unspecified atom stereocenters. The molecular weight excluding hydrogens is 252 g/mol. The number of benzene rings is 1. The van der Waals surface area contributed by atoms with Crippen molar-refractivity contribution in [2.45, 2.75) is 25.6 Å². The molecule has 106 valence electrons. The van der Waals surface area contributed by atoms with Crippen molar-refractivity contribution in [1.82, 2.24) is 10.2 Å². The average Bonchev–Trinajstić information content (AvgIpc) is 3.05. The molecule has 0 bridgehead atoms. The van der Waals surface area contributed by atoms with Gasteiger partial charge in [-0.05, 0) is 30.0 Å². The molecule has 0 radical (unpaired) electrons. The van der Waals surface area contributed by atoms with Gasteiger partial charge in [0, 0.05) is 6.04 Å². The minimum Gasteiger partial charge on any atom is -0.490 e. The largest absolute Gasteiger partial charge is 0.490 e. The van der Waals surface area contributed by atoms with Crippen molar-refractivity contribution >= 4 is 5.91 Å². The zero-order valence-corrected chi connectivity index (χ0v) is 11.7. The Hall–Kier alpha value is -1.81. The van der Waals surface area contributed by atoms with Crippen LogP contribution in [0.2, 0.25) is 0 Å². The predicted octanol–water partition coefficient (Wildman–Crippen LogP) is 2.09. The lowest BCUT2D eigenvalue weighted by Gasteiger charge is -2.25. The number of amides is 1. The van der Waals surface area contributed by atoms with Gasteiger partial charge in [-0.1, -0.05) is 31.7 Å². The summed E-state index contributed by atoms with van der Waals surface area (Å²) in [6.07, 6.45) is 2.84. The van der Waals surface area contributed by atoms with Crippen molar-refractivity contribution in [3.05, 3.63) is 42.5 Å². The van der Waals surface area contributed by atoms with Crippen LogP contribution in [0.1, 0.15) is 25.1 Å². The van der Waals surface area contributed by atoms with Gasteiger partial charge < -0.3 is 9.64 Å². The van der Waals surface area contributed by atoms with Crippen molar-refractivity contribution in [2.24, 2.45) is 5.92 Å². The molecule has 1 heterocycles. The molecule has 4 heteroatoms. The van der Waals surface area contributed by atoms with Gasteiger partial charge in [-0.25, -0.2) is 0 Å². The molecule has 1 aromatic rings. The molecule has 2 aliphatic rings. The Morgan fingerprint density at radius 3 is 2.75 bits per heavy atom. The van der Waals surface area contributed by atoms with E-state index in [-0.39, 0.29) is 12.1 Å². The maximum atomic E-state index is 12.0. The standard InChI is InChI=1S/C16H20N2O2/c1-3-8-20-13-6-4-12(5-7-13)16-17-10-15(19)18(16)14-9-11(14)2/h3-7,11,14,16-17H,1,8-10H2,2H3. The first-order valence-corrected chi connectivity index (χ1v) is 7.09. The number of ether oxygens (including phenoxy) is 1. The Bertz CT molecular complexity index is 512. The minimum absolute atomic E-state index is 0.00547. The number of hydrogen-bond donors (Lipinski definition) is 1. The van der Waals surface area contributed by atoms with Gasteiger partial charge >= 0.3 is 0 Å². The molecule has 3 rings (SSSR count). The lowest BCUT2D eigenvalue weighted by Crippen LogP contribution is -2.33. The van der Waals surface area contributed by atoms with Gasteiger partial charge in [-0.2, -0.15) is 0 Å².